The van der Waals surface area contributed by atoms with Crippen molar-refractivity contribution in [3.8, 4) is 16.2 Å². The number of thiophene rings is 1. The largest absolute Gasteiger partial charge is 0.479 e. The maximum Gasteiger partial charge on any atom is 0.349 e. The molecule has 0 saturated carbocycles. The van der Waals surface area contributed by atoms with Crippen LogP contribution in [-0.4, -0.2) is 107 Å². The molecule has 20 heteroatoms. The minimum Gasteiger partial charge on any atom is -0.479 e. The van der Waals surface area contributed by atoms with Gasteiger partial charge in [0.2, 0.25) is 21.8 Å². The summed E-state index contributed by atoms with van der Waals surface area (Å²) in [6, 6.07) is 22.5. The fourth-order valence-electron chi connectivity index (χ4n) is 10.4. The first kappa shape index (κ1) is 48.5. The number of nitrogens with zero attached hydrogens (tertiary/aromatic N) is 3. The van der Waals surface area contributed by atoms with Gasteiger partial charge < -0.3 is 30.5 Å². The zero-order chi connectivity index (χ0) is 49.6. The molecule has 2 atom stereocenters. The van der Waals surface area contributed by atoms with Crippen LogP contribution < -0.4 is 25.6 Å². The van der Waals surface area contributed by atoms with E-state index in [1.54, 1.807) is 57.7 Å². The number of sulfonamides is 1. The van der Waals surface area contributed by atoms with E-state index >= 15 is 0 Å². The van der Waals surface area contributed by atoms with E-state index in [9.17, 15) is 42.3 Å². The molecule has 5 amide bonds. The lowest BCUT2D eigenvalue weighted by Crippen LogP contribution is -2.55. The van der Waals surface area contributed by atoms with E-state index in [0.29, 0.717) is 64.6 Å². The van der Waals surface area contributed by atoms with Gasteiger partial charge >= 0.3 is 18.0 Å². The van der Waals surface area contributed by atoms with E-state index in [4.69, 9.17) is 21.4 Å². The summed E-state index contributed by atoms with van der Waals surface area (Å²) in [7, 11) is -3.81. The van der Waals surface area contributed by atoms with Crippen molar-refractivity contribution >= 4 is 96.5 Å². The first-order valence-corrected chi connectivity index (χ1v) is 25.8. The van der Waals surface area contributed by atoms with E-state index in [0.717, 1.165) is 46.9 Å². The highest BCUT2D eigenvalue weighted by Crippen LogP contribution is 2.47. The van der Waals surface area contributed by atoms with Crippen LogP contribution in [0.3, 0.4) is 0 Å². The lowest BCUT2D eigenvalue weighted by atomic mass is 9.87. The van der Waals surface area contributed by atoms with Crippen LogP contribution in [0.25, 0.3) is 21.2 Å². The van der Waals surface area contributed by atoms with Gasteiger partial charge in [0, 0.05) is 60.0 Å². The van der Waals surface area contributed by atoms with Gasteiger partial charge in [-0.1, -0.05) is 54.1 Å². The predicted octanol–water partition coefficient (Wildman–Crippen LogP) is 7.82. The van der Waals surface area contributed by atoms with Crippen molar-refractivity contribution in [1.82, 2.24) is 14.5 Å². The molecule has 3 fully saturated rings. The Morgan fingerprint density at radius 3 is 2.39 bits per heavy atom. The number of halogens is 1. The summed E-state index contributed by atoms with van der Waals surface area (Å²) >= 11 is 7.41. The Hall–Kier alpha value is -6.54. The zero-order valence-electron chi connectivity index (χ0n) is 38.3. The van der Waals surface area contributed by atoms with Gasteiger partial charge in [0.1, 0.15) is 11.1 Å². The Balaban J connectivity index is 0.784. The van der Waals surface area contributed by atoms with E-state index < -0.39 is 46.1 Å². The van der Waals surface area contributed by atoms with E-state index in [2.05, 4.69) is 16.0 Å². The van der Waals surface area contributed by atoms with Crippen molar-refractivity contribution in [2.24, 2.45) is 5.92 Å². The van der Waals surface area contributed by atoms with Crippen molar-refractivity contribution in [2.45, 2.75) is 82.2 Å². The van der Waals surface area contributed by atoms with Gasteiger partial charge in [-0.05, 0) is 117 Å². The number of aromatic carboxylic acids is 1. The molecule has 3 saturated heterocycles. The standard InChI is InChI=1S/C50H51ClN6O11S2/c1-50(2)25-34(52-33-9-4-7-31(24-33)44-42(51)43(68-26-40(59)60)45(69-44)48(63)64)18-21-56(50)70(66,67)27-29-6-3-8-32(23-29)53-49(65)55-19-16-28(17-20-55)22-30-12-13-37-41-35(30)10-5-11-36(41)47(62)57(37)38-14-15-39(58)54-46(38)61/h3-13,23-24,28,34,38,52H,14-22,25-27H2,1-2H3,(H,53,65)(H,59,60)(H,63,64)(H,54,58,61)/t34-,38?/m0/s1. The molecule has 4 aliphatic rings. The normalized spacial score (nSPS) is 19.6. The number of hydrogen-bond donors (Lipinski definition) is 5. The maximum atomic E-state index is 14.1. The molecule has 5 aromatic rings. The number of likely N-dealkylation sites (tertiary alicyclic amines) is 1. The summed E-state index contributed by atoms with van der Waals surface area (Å²) in [4.78, 5) is 78.3. The number of carboxylic acid groups (broad SMARTS) is 2. The van der Waals surface area contributed by atoms with Gasteiger partial charge in [0.25, 0.3) is 5.91 Å². The van der Waals surface area contributed by atoms with Crippen LogP contribution in [0.4, 0.5) is 21.9 Å². The summed E-state index contributed by atoms with van der Waals surface area (Å²) < 4.78 is 34.9. The molecule has 5 heterocycles. The molecule has 70 heavy (non-hydrogen) atoms. The Morgan fingerprint density at radius 1 is 0.914 bits per heavy atom. The van der Waals surface area contributed by atoms with Crippen LogP contribution in [0, 0.1) is 5.92 Å². The fraction of sp³-hybridized carbons (Fsp3) is 0.360. The molecule has 1 unspecified atom stereocenters. The van der Waals surface area contributed by atoms with Crippen molar-refractivity contribution in [3.05, 3.63) is 105 Å². The molecule has 0 aliphatic carbocycles. The molecule has 17 nitrogen and oxygen atoms in total. The minimum atomic E-state index is -3.81. The number of carboxylic acids is 2. The third kappa shape index (κ3) is 9.79. The average Bonchev–Trinajstić information content (AvgIpc) is 3.79. The first-order chi connectivity index (χ1) is 33.4. The summed E-state index contributed by atoms with van der Waals surface area (Å²) in [5.41, 5.74) is 3.87. The van der Waals surface area contributed by atoms with Gasteiger partial charge in [-0.25, -0.2) is 22.8 Å². The first-order valence-electron chi connectivity index (χ1n) is 23.0. The highest BCUT2D eigenvalue weighted by molar-refractivity contribution is 7.88. The topological polar surface area (TPSA) is 232 Å². The number of nitrogens with one attached hydrogen (secondary N) is 3. The summed E-state index contributed by atoms with van der Waals surface area (Å²) in [5.74, 6) is -3.81. The molecule has 4 aromatic carbocycles. The van der Waals surface area contributed by atoms with E-state index in [1.165, 1.54) is 4.90 Å². The van der Waals surface area contributed by atoms with Crippen LogP contribution in [-0.2, 0) is 36.6 Å². The van der Waals surface area contributed by atoms with Crippen molar-refractivity contribution in [3.63, 3.8) is 0 Å². The molecule has 0 spiro atoms. The fourth-order valence-corrected chi connectivity index (χ4v) is 13.7. The zero-order valence-corrected chi connectivity index (χ0v) is 40.7. The number of aliphatic carboxylic acids is 1. The number of carbonyl (C=O) groups excluding carboxylic acids is 4. The van der Waals surface area contributed by atoms with Crippen molar-refractivity contribution < 1.29 is 52.1 Å². The highest BCUT2D eigenvalue weighted by atomic mass is 35.5. The average molecular weight is 1010 g/mol. The maximum absolute atomic E-state index is 14.1. The molecule has 9 rings (SSSR count). The molecule has 366 valence electrons. The number of benzene rings is 4. The van der Waals surface area contributed by atoms with Crippen LogP contribution in [0.2, 0.25) is 5.02 Å². The number of piperidine rings is 3. The SMILES string of the molecule is CC1(C)C[C@@H](Nc2cccc(-c3sc(C(=O)O)c(OCC(=O)O)c3Cl)c2)CCN1S(=O)(=O)Cc1cccc(NC(=O)N2CCC(Cc3ccc4c5c(cccc35)C(=O)N4C3CCC(=O)NC3=O)CC2)c1. The van der Waals surface area contributed by atoms with Gasteiger partial charge in [-0.3, -0.25) is 24.6 Å². The highest BCUT2D eigenvalue weighted by Gasteiger charge is 2.43. The predicted molar refractivity (Wildman–Crippen MR) is 265 cm³/mol. The number of imide groups is 1. The second kappa shape index (κ2) is 19.3. The molecule has 0 bridgehead atoms. The number of carbonyl (C=O) groups is 6. The lowest BCUT2D eigenvalue weighted by Gasteiger charge is -2.45. The van der Waals surface area contributed by atoms with Crippen molar-refractivity contribution in [1.29, 1.82) is 0 Å². The quantitative estimate of drug-likeness (QED) is 0.0671. The number of amides is 5. The summed E-state index contributed by atoms with van der Waals surface area (Å²) in [6.07, 6.45) is 3.70. The van der Waals surface area contributed by atoms with Crippen LogP contribution >= 0.6 is 22.9 Å². The molecular weight excluding hydrogens is 960 g/mol. The lowest BCUT2D eigenvalue weighted by molar-refractivity contribution is -0.139. The summed E-state index contributed by atoms with van der Waals surface area (Å²) in [6.45, 7) is 4.34. The third-order valence-electron chi connectivity index (χ3n) is 13.6. The third-order valence-corrected chi connectivity index (χ3v) is 17.3. The smallest absolute Gasteiger partial charge is 0.349 e. The second-order valence-corrected chi connectivity index (χ2v) is 22.1. The van der Waals surface area contributed by atoms with Gasteiger partial charge in [-0.15, -0.1) is 11.3 Å². The number of hydrogen-bond acceptors (Lipinski definition) is 11. The Bertz CT molecular complexity index is 3080. The minimum absolute atomic E-state index is 0.00153. The number of ether oxygens (including phenoxy) is 1. The molecular formula is C50H51ClN6O11S2. The summed E-state index contributed by atoms with van der Waals surface area (Å²) in [5, 5.41) is 29.4. The second-order valence-electron chi connectivity index (χ2n) is 18.8. The van der Waals surface area contributed by atoms with Gasteiger partial charge in [0.05, 0.1) is 16.3 Å². The molecule has 0 radical (unpaired) electrons. The Morgan fingerprint density at radius 2 is 1.66 bits per heavy atom. The van der Waals surface area contributed by atoms with Crippen LogP contribution in [0.15, 0.2) is 78.9 Å². The number of anilines is 3. The molecule has 4 aliphatic heterocycles. The Labute approximate surface area is 412 Å². The van der Waals surface area contributed by atoms with E-state index in [-0.39, 0.29) is 70.6 Å². The van der Waals surface area contributed by atoms with Crippen LogP contribution in [0.5, 0.6) is 5.75 Å². The number of urea groups is 1. The van der Waals surface area contributed by atoms with Crippen molar-refractivity contribution in [2.75, 3.05) is 41.8 Å². The number of rotatable bonds is 14. The molecule has 5 N–H and O–H groups in total. The Kier molecular flexibility index (Phi) is 13.4. The van der Waals surface area contributed by atoms with E-state index in [1.807, 2.05) is 44.2 Å². The van der Waals surface area contributed by atoms with Crippen LogP contribution in [0.1, 0.15) is 83.5 Å². The monoisotopic (exact) mass is 1010 g/mol. The van der Waals surface area contributed by atoms with Gasteiger partial charge in [0.15, 0.2) is 17.2 Å². The van der Waals surface area contributed by atoms with Gasteiger partial charge in [-0.2, -0.15) is 4.31 Å². The molecule has 1 aromatic heterocycles.